The van der Waals surface area contributed by atoms with Crippen LogP contribution in [-0.2, 0) is 4.57 Å². The summed E-state index contributed by atoms with van der Waals surface area (Å²) in [6, 6.07) is 52.0. The summed E-state index contributed by atoms with van der Waals surface area (Å²) in [4.78, 5) is 0. The van der Waals surface area contributed by atoms with Crippen molar-refractivity contribution in [3.05, 3.63) is 197 Å². The Morgan fingerprint density at radius 3 is 0.745 bits per heavy atom. The fourth-order valence-corrected chi connectivity index (χ4v) is 5.88. The van der Waals surface area contributed by atoms with Crippen LogP contribution in [0.5, 0.6) is 17.2 Å². The average Bonchev–Trinajstić information content (AvgIpc) is 3.12. The van der Waals surface area contributed by atoms with Crippen LogP contribution in [0.15, 0.2) is 164 Å². The topological polar surface area (TPSA) is 44.8 Å². The Balaban J connectivity index is 1.19. The van der Waals surface area contributed by atoms with Crippen LogP contribution in [0.2, 0.25) is 0 Å². The second-order valence-corrected chi connectivity index (χ2v) is 12.1. The summed E-state index contributed by atoms with van der Waals surface area (Å²) in [7, 11) is -4.17. The standard InChI is InChI=1S/C42H33O4P/c43-47(44-40-28-22-37(23-29-40)19-16-34-10-4-1-5-11-34,45-41-30-24-38(25-31-41)20-17-35-12-6-2-7-13-35)46-42-32-26-39(27-33-42)21-18-36-14-8-3-9-15-36/h1-33H/b19-16+,20-17+,21-18+. The number of phosphoric acid groups is 1. The molecule has 0 saturated heterocycles. The van der Waals surface area contributed by atoms with Gasteiger partial charge < -0.3 is 13.6 Å². The van der Waals surface area contributed by atoms with Crippen molar-refractivity contribution in [1.29, 1.82) is 0 Å². The minimum atomic E-state index is -4.17. The molecule has 0 aliphatic heterocycles. The SMILES string of the molecule is O=P(Oc1ccc(/C=C/c2ccccc2)cc1)(Oc1ccc(/C=C/c2ccccc2)cc1)Oc1ccc(/C=C/c2ccccc2)cc1. The molecule has 6 rings (SSSR count). The van der Waals surface area contributed by atoms with Gasteiger partial charge in [0.2, 0.25) is 0 Å². The van der Waals surface area contributed by atoms with Crippen LogP contribution in [0, 0.1) is 0 Å². The highest BCUT2D eigenvalue weighted by atomic mass is 31.2. The van der Waals surface area contributed by atoms with E-state index in [0.717, 1.165) is 33.4 Å². The van der Waals surface area contributed by atoms with Gasteiger partial charge in [0, 0.05) is 0 Å². The number of rotatable bonds is 12. The van der Waals surface area contributed by atoms with E-state index in [1.807, 2.05) is 164 Å². The maximum atomic E-state index is 14.2. The smallest absolute Gasteiger partial charge is 0.386 e. The number of hydrogen-bond donors (Lipinski definition) is 0. The predicted octanol–water partition coefficient (Wildman–Crippen LogP) is 11.8. The lowest BCUT2D eigenvalue weighted by molar-refractivity contribution is 0.298. The molecule has 0 aliphatic rings. The molecule has 5 heteroatoms. The molecule has 47 heavy (non-hydrogen) atoms. The largest absolute Gasteiger partial charge is 0.647 e. The summed E-state index contributed by atoms with van der Waals surface area (Å²) in [6.45, 7) is 0. The Hall–Kier alpha value is -5.83. The van der Waals surface area contributed by atoms with E-state index in [-0.39, 0.29) is 0 Å². The molecule has 0 fully saturated rings. The highest BCUT2D eigenvalue weighted by Gasteiger charge is 2.33. The predicted molar refractivity (Wildman–Crippen MR) is 195 cm³/mol. The van der Waals surface area contributed by atoms with Gasteiger partial charge in [0.25, 0.3) is 0 Å². The Morgan fingerprint density at radius 2 is 0.511 bits per heavy atom. The van der Waals surface area contributed by atoms with Gasteiger partial charge in [-0.25, -0.2) is 0 Å². The number of benzene rings is 6. The van der Waals surface area contributed by atoms with Gasteiger partial charge in [-0.3, -0.25) is 0 Å². The summed E-state index contributed by atoms with van der Waals surface area (Å²) < 4.78 is 32.1. The van der Waals surface area contributed by atoms with Crippen molar-refractivity contribution >= 4 is 44.3 Å². The molecule has 0 spiro atoms. The van der Waals surface area contributed by atoms with Crippen LogP contribution in [0.25, 0.3) is 36.5 Å². The zero-order valence-electron chi connectivity index (χ0n) is 25.6. The molecule has 0 amide bonds. The summed E-state index contributed by atoms with van der Waals surface area (Å²) in [5.74, 6) is 1.07. The number of hydrogen-bond acceptors (Lipinski definition) is 4. The Bertz CT molecular complexity index is 1750. The molecule has 0 N–H and O–H groups in total. The second kappa shape index (κ2) is 15.4. The summed E-state index contributed by atoms with van der Waals surface area (Å²) in [5, 5.41) is 0. The van der Waals surface area contributed by atoms with Gasteiger partial charge in [0.1, 0.15) is 17.2 Å². The van der Waals surface area contributed by atoms with Gasteiger partial charge in [-0.05, 0) is 69.8 Å². The highest BCUT2D eigenvalue weighted by molar-refractivity contribution is 7.49. The summed E-state index contributed by atoms with van der Waals surface area (Å²) in [5.41, 5.74) is 6.20. The van der Waals surface area contributed by atoms with Gasteiger partial charge in [-0.2, -0.15) is 4.57 Å². The Morgan fingerprint density at radius 1 is 0.298 bits per heavy atom. The van der Waals surface area contributed by atoms with Crippen molar-refractivity contribution in [3.63, 3.8) is 0 Å². The lowest BCUT2D eigenvalue weighted by atomic mass is 10.1. The summed E-state index contributed by atoms with van der Waals surface area (Å²) >= 11 is 0. The molecule has 6 aromatic carbocycles. The molecule has 0 saturated carbocycles. The third kappa shape index (κ3) is 9.58. The van der Waals surface area contributed by atoms with E-state index < -0.39 is 7.82 Å². The van der Waals surface area contributed by atoms with E-state index in [1.54, 1.807) is 36.4 Å². The highest BCUT2D eigenvalue weighted by Crippen LogP contribution is 2.50. The monoisotopic (exact) mass is 632 g/mol. The van der Waals surface area contributed by atoms with Crippen LogP contribution in [0.1, 0.15) is 33.4 Å². The van der Waals surface area contributed by atoms with Crippen LogP contribution in [0.4, 0.5) is 0 Å². The van der Waals surface area contributed by atoms with Crippen molar-refractivity contribution in [2.75, 3.05) is 0 Å². The third-order valence-corrected chi connectivity index (χ3v) is 8.40. The zero-order chi connectivity index (χ0) is 32.2. The molecule has 6 aromatic rings. The fourth-order valence-electron chi connectivity index (χ4n) is 4.63. The van der Waals surface area contributed by atoms with Crippen molar-refractivity contribution in [3.8, 4) is 17.2 Å². The molecule has 0 aliphatic carbocycles. The molecule has 0 bridgehead atoms. The first kappa shape index (κ1) is 31.2. The van der Waals surface area contributed by atoms with Gasteiger partial charge in [-0.15, -0.1) is 0 Å². The van der Waals surface area contributed by atoms with E-state index in [9.17, 15) is 4.57 Å². The summed E-state index contributed by atoms with van der Waals surface area (Å²) in [6.07, 6.45) is 12.1. The Labute approximate surface area is 276 Å². The van der Waals surface area contributed by atoms with Crippen molar-refractivity contribution in [2.45, 2.75) is 0 Å². The normalized spacial score (nSPS) is 11.7. The first-order chi connectivity index (χ1) is 23.1. The van der Waals surface area contributed by atoms with Gasteiger partial charge in [0.15, 0.2) is 0 Å². The molecule has 230 valence electrons. The minimum Gasteiger partial charge on any atom is -0.386 e. The van der Waals surface area contributed by atoms with Gasteiger partial charge in [0.05, 0.1) is 0 Å². The molecular formula is C42H33O4P. The van der Waals surface area contributed by atoms with E-state index in [1.165, 1.54) is 0 Å². The van der Waals surface area contributed by atoms with Gasteiger partial charge in [-0.1, -0.05) is 164 Å². The van der Waals surface area contributed by atoms with E-state index in [4.69, 9.17) is 13.6 Å². The van der Waals surface area contributed by atoms with Crippen molar-refractivity contribution < 1.29 is 18.1 Å². The minimum absolute atomic E-state index is 0.357. The van der Waals surface area contributed by atoms with Crippen LogP contribution >= 0.6 is 7.82 Å². The quantitative estimate of drug-likeness (QED) is 0.0995. The van der Waals surface area contributed by atoms with E-state index in [2.05, 4.69) is 0 Å². The van der Waals surface area contributed by atoms with Crippen LogP contribution in [-0.4, -0.2) is 0 Å². The maximum absolute atomic E-state index is 14.2. The first-order valence-corrected chi connectivity index (χ1v) is 16.7. The molecule has 0 heterocycles. The van der Waals surface area contributed by atoms with Gasteiger partial charge >= 0.3 is 7.82 Å². The number of phosphoric ester groups is 1. The first-order valence-electron chi connectivity index (χ1n) is 15.3. The lowest BCUT2D eigenvalue weighted by Crippen LogP contribution is -2.07. The second-order valence-electron chi connectivity index (χ2n) is 10.7. The molecular weight excluding hydrogens is 599 g/mol. The molecule has 0 aromatic heterocycles. The molecule has 4 nitrogen and oxygen atoms in total. The molecule has 0 unspecified atom stereocenters. The maximum Gasteiger partial charge on any atom is 0.647 e. The van der Waals surface area contributed by atoms with Crippen LogP contribution < -0.4 is 13.6 Å². The van der Waals surface area contributed by atoms with Crippen LogP contribution in [0.3, 0.4) is 0 Å². The molecule has 0 radical (unpaired) electrons. The lowest BCUT2D eigenvalue weighted by Gasteiger charge is -2.19. The fraction of sp³-hybridized carbons (Fsp3) is 0. The average molecular weight is 633 g/mol. The zero-order valence-corrected chi connectivity index (χ0v) is 26.5. The molecule has 0 atom stereocenters. The Kier molecular flexibility index (Phi) is 10.2. The van der Waals surface area contributed by atoms with E-state index >= 15 is 0 Å². The van der Waals surface area contributed by atoms with Crippen molar-refractivity contribution in [1.82, 2.24) is 0 Å². The van der Waals surface area contributed by atoms with Crippen molar-refractivity contribution in [2.24, 2.45) is 0 Å². The third-order valence-electron chi connectivity index (χ3n) is 7.10. The van der Waals surface area contributed by atoms with E-state index in [0.29, 0.717) is 17.2 Å².